The molecule has 1 amide bonds. The highest BCUT2D eigenvalue weighted by Gasteiger charge is 2.12. The molecule has 0 unspecified atom stereocenters. The molecular weight excluding hydrogens is 412 g/mol. The summed E-state index contributed by atoms with van der Waals surface area (Å²) in [5.74, 6) is 0.443. The number of anilines is 1. The van der Waals surface area contributed by atoms with E-state index >= 15 is 0 Å². The fraction of sp³-hybridized carbons (Fsp3) is 0.300. The van der Waals surface area contributed by atoms with Crippen LogP contribution in [0.3, 0.4) is 0 Å². The third-order valence-corrected chi connectivity index (χ3v) is 5.78. The Bertz CT molecular complexity index is 952. The molecule has 3 rings (SSSR count). The summed E-state index contributed by atoms with van der Waals surface area (Å²) in [4.78, 5) is 16.7. The van der Waals surface area contributed by atoms with Crippen molar-refractivity contribution in [1.29, 1.82) is 0 Å². The standard InChI is InChI=1S/C20H21BrN2O2S/c1-4-5-14-7-8-16(15(21)10-14)25-11-18(24)22-20-23-19-13(3)12(2)6-9-17(19)26-20/h6-10H,4-5,11H2,1-3H3,(H,22,23,24). The minimum atomic E-state index is -0.219. The molecule has 0 saturated heterocycles. The van der Waals surface area contributed by atoms with Gasteiger partial charge in [0.25, 0.3) is 5.91 Å². The Labute approximate surface area is 165 Å². The lowest BCUT2D eigenvalue weighted by atomic mass is 10.1. The zero-order valence-electron chi connectivity index (χ0n) is 15.1. The zero-order valence-corrected chi connectivity index (χ0v) is 17.5. The minimum absolute atomic E-state index is 0.0559. The smallest absolute Gasteiger partial charge is 0.264 e. The number of nitrogens with zero attached hydrogens (tertiary/aromatic N) is 1. The third-order valence-electron chi connectivity index (χ3n) is 4.22. The van der Waals surface area contributed by atoms with Crippen molar-refractivity contribution in [2.24, 2.45) is 0 Å². The van der Waals surface area contributed by atoms with Gasteiger partial charge < -0.3 is 4.74 Å². The molecule has 0 spiro atoms. The minimum Gasteiger partial charge on any atom is -0.483 e. The highest BCUT2D eigenvalue weighted by Crippen LogP contribution is 2.30. The van der Waals surface area contributed by atoms with E-state index in [4.69, 9.17) is 4.74 Å². The highest BCUT2D eigenvalue weighted by molar-refractivity contribution is 9.10. The van der Waals surface area contributed by atoms with Crippen molar-refractivity contribution in [2.75, 3.05) is 11.9 Å². The lowest BCUT2D eigenvalue weighted by molar-refractivity contribution is -0.118. The average Bonchev–Trinajstić information content (AvgIpc) is 3.01. The summed E-state index contributed by atoms with van der Waals surface area (Å²) in [5, 5.41) is 3.42. The fourth-order valence-corrected chi connectivity index (χ4v) is 4.17. The van der Waals surface area contributed by atoms with Crippen molar-refractivity contribution in [1.82, 2.24) is 4.98 Å². The number of amides is 1. The number of hydrogen-bond donors (Lipinski definition) is 1. The Morgan fingerprint density at radius 3 is 2.81 bits per heavy atom. The van der Waals surface area contributed by atoms with Crippen LogP contribution in [0.2, 0.25) is 0 Å². The van der Waals surface area contributed by atoms with Gasteiger partial charge in [-0.15, -0.1) is 0 Å². The molecule has 0 radical (unpaired) electrons. The third kappa shape index (κ3) is 4.24. The Kier molecular flexibility index (Phi) is 5.94. The number of nitrogens with one attached hydrogen (secondary N) is 1. The number of thiazole rings is 1. The van der Waals surface area contributed by atoms with E-state index in [1.165, 1.54) is 22.5 Å². The lowest BCUT2D eigenvalue weighted by Crippen LogP contribution is -2.20. The van der Waals surface area contributed by atoms with Crippen LogP contribution in [0.5, 0.6) is 5.75 Å². The molecule has 0 saturated carbocycles. The van der Waals surface area contributed by atoms with Crippen molar-refractivity contribution in [3.8, 4) is 5.75 Å². The average molecular weight is 433 g/mol. The molecular formula is C20H21BrN2O2S. The molecule has 0 aliphatic rings. The van der Waals surface area contributed by atoms with E-state index in [1.54, 1.807) is 0 Å². The van der Waals surface area contributed by atoms with Crippen LogP contribution in [0.1, 0.15) is 30.0 Å². The summed E-state index contributed by atoms with van der Waals surface area (Å²) in [7, 11) is 0. The predicted molar refractivity (Wildman–Crippen MR) is 111 cm³/mol. The van der Waals surface area contributed by atoms with Gasteiger partial charge >= 0.3 is 0 Å². The summed E-state index contributed by atoms with van der Waals surface area (Å²) in [6.45, 7) is 6.20. The number of benzene rings is 2. The highest BCUT2D eigenvalue weighted by atomic mass is 79.9. The summed E-state index contributed by atoms with van der Waals surface area (Å²) >= 11 is 4.98. The zero-order chi connectivity index (χ0) is 18.7. The summed E-state index contributed by atoms with van der Waals surface area (Å²) in [6, 6.07) is 10.1. The molecule has 0 atom stereocenters. The van der Waals surface area contributed by atoms with Crippen LogP contribution >= 0.6 is 27.3 Å². The molecule has 0 aliphatic heterocycles. The van der Waals surface area contributed by atoms with E-state index < -0.39 is 0 Å². The van der Waals surface area contributed by atoms with Crippen LogP contribution < -0.4 is 10.1 Å². The topological polar surface area (TPSA) is 51.2 Å². The van der Waals surface area contributed by atoms with Crippen LogP contribution in [0.25, 0.3) is 10.2 Å². The summed E-state index contributed by atoms with van der Waals surface area (Å²) in [5.41, 5.74) is 4.53. The SMILES string of the molecule is CCCc1ccc(OCC(=O)Nc2nc3c(C)c(C)ccc3s2)c(Br)c1. The second kappa shape index (κ2) is 8.18. The first kappa shape index (κ1) is 18.9. The van der Waals surface area contributed by atoms with Gasteiger partial charge in [0.05, 0.1) is 14.7 Å². The van der Waals surface area contributed by atoms with Gasteiger partial charge in [-0.05, 0) is 71.1 Å². The molecule has 136 valence electrons. The molecule has 1 N–H and O–H groups in total. The number of fused-ring (bicyclic) bond motifs is 1. The first-order valence-electron chi connectivity index (χ1n) is 8.55. The van der Waals surface area contributed by atoms with E-state index in [0.29, 0.717) is 10.9 Å². The van der Waals surface area contributed by atoms with Crippen LogP contribution in [0.4, 0.5) is 5.13 Å². The molecule has 3 aromatic rings. The van der Waals surface area contributed by atoms with Gasteiger partial charge in [-0.1, -0.05) is 36.8 Å². The second-order valence-electron chi connectivity index (χ2n) is 6.22. The van der Waals surface area contributed by atoms with Gasteiger partial charge in [-0.2, -0.15) is 0 Å². The van der Waals surface area contributed by atoms with Gasteiger partial charge in [0.1, 0.15) is 5.75 Å². The molecule has 0 fully saturated rings. The van der Waals surface area contributed by atoms with Gasteiger partial charge in [0.15, 0.2) is 11.7 Å². The van der Waals surface area contributed by atoms with Crippen LogP contribution in [0, 0.1) is 13.8 Å². The lowest BCUT2D eigenvalue weighted by Gasteiger charge is -2.09. The summed E-state index contributed by atoms with van der Waals surface area (Å²) in [6.07, 6.45) is 2.12. The largest absolute Gasteiger partial charge is 0.483 e. The van der Waals surface area contributed by atoms with E-state index in [9.17, 15) is 4.79 Å². The molecule has 0 aliphatic carbocycles. The fourth-order valence-electron chi connectivity index (χ4n) is 2.68. The van der Waals surface area contributed by atoms with Gasteiger partial charge in [-0.25, -0.2) is 4.98 Å². The number of carbonyl (C=O) groups is 1. The molecule has 26 heavy (non-hydrogen) atoms. The van der Waals surface area contributed by atoms with Crippen molar-refractivity contribution >= 4 is 48.5 Å². The number of halogens is 1. The second-order valence-corrected chi connectivity index (χ2v) is 8.11. The van der Waals surface area contributed by atoms with Crippen molar-refractivity contribution in [2.45, 2.75) is 33.6 Å². The van der Waals surface area contributed by atoms with Crippen LogP contribution in [-0.2, 0) is 11.2 Å². The number of hydrogen-bond acceptors (Lipinski definition) is 4. The quantitative estimate of drug-likeness (QED) is 0.547. The van der Waals surface area contributed by atoms with Crippen LogP contribution in [0.15, 0.2) is 34.8 Å². The number of rotatable bonds is 6. The van der Waals surface area contributed by atoms with Crippen molar-refractivity contribution in [3.63, 3.8) is 0 Å². The van der Waals surface area contributed by atoms with E-state index in [-0.39, 0.29) is 12.5 Å². The van der Waals surface area contributed by atoms with E-state index in [2.05, 4.69) is 46.1 Å². The Hall–Kier alpha value is -1.92. The van der Waals surface area contributed by atoms with Crippen LogP contribution in [-0.4, -0.2) is 17.5 Å². The monoisotopic (exact) mass is 432 g/mol. The Morgan fingerprint density at radius 2 is 2.08 bits per heavy atom. The predicted octanol–water partition coefficient (Wildman–Crippen LogP) is 5.65. The number of ether oxygens (including phenoxy) is 1. The molecule has 6 heteroatoms. The van der Waals surface area contributed by atoms with Gasteiger partial charge in [-0.3, -0.25) is 10.1 Å². The maximum atomic E-state index is 12.2. The Balaban J connectivity index is 1.63. The number of aromatic nitrogens is 1. The first-order chi connectivity index (χ1) is 12.5. The number of carbonyl (C=O) groups excluding carboxylic acids is 1. The van der Waals surface area contributed by atoms with Crippen molar-refractivity contribution in [3.05, 3.63) is 51.5 Å². The van der Waals surface area contributed by atoms with E-state index in [1.807, 2.05) is 31.2 Å². The molecule has 2 aromatic carbocycles. The molecule has 1 aromatic heterocycles. The summed E-state index contributed by atoms with van der Waals surface area (Å²) < 4.78 is 7.57. The molecule has 0 bridgehead atoms. The number of aryl methyl sites for hydroxylation is 3. The maximum Gasteiger partial charge on any atom is 0.264 e. The van der Waals surface area contributed by atoms with Crippen molar-refractivity contribution < 1.29 is 9.53 Å². The normalized spacial score (nSPS) is 10.9. The Morgan fingerprint density at radius 1 is 1.27 bits per heavy atom. The molecule has 4 nitrogen and oxygen atoms in total. The maximum absolute atomic E-state index is 12.2. The van der Waals surface area contributed by atoms with Gasteiger partial charge in [0.2, 0.25) is 0 Å². The molecule has 1 heterocycles. The first-order valence-corrected chi connectivity index (χ1v) is 10.2. The van der Waals surface area contributed by atoms with Gasteiger partial charge in [0, 0.05) is 0 Å². The van der Waals surface area contributed by atoms with E-state index in [0.717, 1.165) is 33.1 Å².